The van der Waals surface area contributed by atoms with Crippen molar-refractivity contribution in [2.24, 2.45) is 7.05 Å². The van der Waals surface area contributed by atoms with Gasteiger partial charge in [-0.25, -0.2) is 0 Å². The minimum Gasteiger partial charge on any atom is -0.489 e. The molecule has 0 aliphatic carbocycles. The summed E-state index contributed by atoms with van der Waals surface area (Å²) in [6, 6.07) is 14.6. The monoisotopic (exact) mass is 355 g/mol. The summed E-state index contributed by atoms with van der Waals surface area (Å²) in [4.78, 5) is 12.2. The number of halogens is 1. The number of carbonyl (C=O) groups excluding carboxylic acids is 1. The van der Waals surface area contributed by atoms with Crippen LogP contribution in [-0.2, 0) is 20.2 Å². The third kappa shape index (κ3) is 4.84. The molecule has 0 fully saturated rings. The molecule has 1 amide bonds. The molecule has 0 radical (unpaired) electrons. The highest BCUT2D eigenvalue weighted by Gasteiger charge is 2.06. The summed E-state index contributed by atoms with van der Waals surface area (Å²) >= 11 is 5.93. The maximum absolute atomic E-state index is 12.2. The third-order valence-electron chi connectivity index (χ3n) is 3.63. The molecule has 1 aromatic heterocycles. The van der Waals surface area contributed by atoms with Crippen molar-refractivity contribution in [3.05, 3.63) is 82.6 Å². The number of carbonyl (C=O) groups is 1. The minimum absolute atomic E-state index is 0.119. The molecule has 0 bridgehead atoms. The van der Waals surface area contributed by atoms with E-state index in [2.05, 4.69) is 10.4 Å². The summed E-state index contributed by atoms with van der Waals surface area (Å²) in [6.45, 7) is 0.865. The number of aryl methyl sites for hydroxylation is 1. The van der Waals surface area contributed by atoms with Gasteiger partial charge < -0.3 is 10.1 Å². The van der Waals surface area contributed by atoms with Crippen molar-refractivity contribution in [1.29, 1.82) is 0 Å². The molecule has 1 heterocycles. The van der Waals surface area contributed by atoms with Gasteiger partial charge in [-0.1, -0.05) is 29.8 Å². The Hall–Kier alpha value is -2.79. The number of nitrogens with zero attached hydrogens (tertiary/aromatic N) is 2. The predicted octanol–water partition coefficient (Wildman–Crippen LogP) is 3.58. The Morgan fingerprint density at radius 3 is 2.68 bits per heavy atom. The summed E-state index contributed by atoms with van der Waals surface area (Å²) < 4.78 is 7.39. The van der Waals surface area contributed by atoms with E-state index in [1.165, 1.54) is 0 Å². The molecular weight excluding hydrogens is 338 g/mol. The Kier molecular flexibility index (Phi) is 5.36. The lowest BCUT2D eigenvalue weighted by atomic mass is 10.1. The van der Waals surface area contributed by atoms with Gasteiger partial charge in [0.15, 0.2) is 0 Å². The quantitative estimate of drug-likeness (QED) is 0.735. The zero-order valence-corrected chi connectivity index (χ0v) is 14.5. The largest absolute Gasteiger partial charge is 0.489 e. The van der Waals surface area contributed by atoms with Crippen molar-refractivity contribution in [3.8, 4) is 5.75 Å². The maximum Gasteiger partial charge on any atom is 0.251 e. The van der Waals surface area contributed by atoms with Gasteiger partial charge in [-0.3, -0.25) is 9.48 Å². The SMILES string of the molecule is Cn1cc(CNC(=O)c2ccc(COc3cccc(Cl)c3)cc2)cn1. The van der Waals surface area contributed by atoms with Crippen LogP contribution in [0.2, 0.25) is 5.02 Å². The fourth-order valence-electron chi connectivity index (χ4n) is 2.32. The van der Waals surface area contributed by atoms with Crippen LogP contribution in [-0.4, -0.2) is 15.7 Å². The molecule has 3 rings (SSSR count). The highest BCUT2D eigenvalue weighted by Crippen LogP contribution is 2.18. The molecule has 6 heteroatoms. The average Bonchev–Trinajstić information content (AvgIpc) is 3.04. The van der Waals surface area contributed by atoms with E-state index in [1.807, 2.05) is 37.5 Å². The summed E-state index contributed by atoms with van der Waals surface area (Å²) in [7, 11) is 1.84. The molecule has 5 nitrogen and oxygen atoms in total. The molecule has 0 aliphatic heterocycles. The van der Waals surface area contributed by atoms with Gasteiger partial charge in [-0.2, -0.15) is 5.10 Å². The Balaban J connectivity index is 1.53. The zero-order chi connectivity index (χ0) is 17.6. The van der Waals surface area contributed by atoms with Gasteiger partial charge in [0.05, 0.1) is 6.20 Å². The van der Waals surface area contributed by atoms with Gasteiger partial charge >= 0.3 is 0 Å². The number of ether oxygens (including phenoxy) is 1. The number of benzene rings is 2. The molecule has 0 unspecified atom stereocenters. The molecule has 0 atom stereocenters. The topological polar surface area (TPSA) is 56.2 Å². The minimum atomic E-state index is -0.119. The van der Waals surface area contributed by atoms with Crippen LogP contribution >= 0.6 is 11.6 Å². The molecule has 0 saturated carbocycles. The standard InChI is InChI=1S/C19H18ClN3O2/c1-23-12-15(11-22-23)10-21-19(24)16-7-5-14(6-8-16)13-25-18-4-2-3-17(20)9-18/h2-9,11-12H,10,13H2,1H3,(H,21,24). The van der Waals surface area contributed by atoms with E-state index >= 15 is 0 Å². The number of hydrogen-bond acceptors (Lipinski definition) is 3. The Bertz CT molecular complexity index is 859. The first kappa shape index (κ1) is 17.0. The van der Waals surface area contributed by atoms with Crippen molar-refractivity contribution in [3.63, 3.8) is 0 Å². The van der Waals surface area contributed by atoms with E-state index in [9.17, 15) is 4.79 Å². The van der Waals surface area contributed by atoms with E-state index in [0.29, 0.717) is 29.5 Å². The van der Waals surface area contributed by atoms with Gasteiger partial charge in [-0.05, 0) is 35.9 Å². The second-order valence-corrected chi connectivity index (χ2v) is 6.08. The van der Waals surface area contributed by atoms with Crippen molar-refractivity contribution in [2.75, 3.05) is 0 Å². The second kappa shape index (κ2) is 7.85. The van der Waals surface area contributed by atoms with Gasteiger partial charge in [0.1, 0.15) is 12.4 Å². The van der Waals surface area contributed by atoms with Crippen molar-refractivity contribution in [2.45, 2.75) is 13.2 Å². The van der Waals surface area contributed by atoms with Crippen LogP contribution in [0, 0.1) is 0 Å². The predicted molar refractivity (Wildman–Crippen MR) is 96.6 cm³/mol. The number of nitrogens with one attached hydrogen (secondary N) is 1. The number of hydrogen-bond donors (Lipinski definition) is 1. The molecular formula is C19H18ClN3O2. The fourth-order valence-corrected chi connectivity index (χ4v) is 2.50. The van der Waals surface area contributed by atoms with E-state index < -0.39 is 0 Å². The first-order chi connectivity index (χ1) is 12.1. The second-order valence-electron chi connectivity index (χ2n) is 5.65. The highest BCUT2D eigenvalue weighted by molar-refractivity contribution is 6.30. The van der Waals surface area contributed by atoms with Gasteiger partial charge in [0, 0.05) is 35.9 Å². The highest BCUT2D eigenvalue weighted by atomic mass is 35.5. The average molecular weight is 356 g/mol. The zero-order valence-electron chi connectivity index (χ0n) is 13.8. The summed E-state index contributed by atoms with van der Waals surface area (Å²) in [6.07, 6.45) is 3.60. The van der Waals surface area contributed by atoms with Gasteiger partial charge in [0.2, 0.25) is 0 Å². The van der Waals surface area contributed by atoms with E-state index in [1.54, 1.807) is 35.1 Å². The number of amides is 1. The molecule has 1 N–H and O–H groups in total. The maximum atomic E-state index is 12.2. The van der Waals surface area contributed by atoms with E-state index in [0.717, 1.165) is 11.1 Å². The van der Waals surface area contributed by atoms with E-state index in [-0.39, 0.29) is 5.91 Å². The molecule has 0 saturated heterocycles. The van der Waals surface area contributed by atoms with E-state index in [4.69, 9.17) is 16.3 Å². The molecule has 128 valence electrons. The van der Waals surface area contributed by atoms with Crippen LogP contribution in [0.15, 0.2) is 60.9 Å². The smallest absolute Gasteiger partial charge is 0.251 e. The molecule has 2 aromatic carbocycles. The lowest BCUT2D eigenvalue weighted by Crippen LogP contribution is -2.22. The van der Waals surface area contributed by atoms with Gasteiger partial charge in [0.25, 0.3) is 5.91 Å². The molecule has 0 aliphatic rings. The summed E-state index contributed by atoms with van der Waals surface area (Å²) in [5.74, 6) is 0.594. The Morgan fingerprint density at radius 1 is 1.20 bits per heavy atom. The lowest BCUT2D eigenvalue weighted by molar-refractivity contribution is 0.0951. The molecule has 0 spiro atoms. The Labute approximate surface area is 151 Å². The first-order valence-electron chi connectivity index (χ1n) is 7.83. The van der Waals surface area contributed by atoms with Gasteiger partial charge in [-0.15, -0.1) is 0 Å². The summed E-state index contributed by atoms with van der Waals surface area (Å²) in [5.41, 5.74) is 2.54. The van der Waals surface area contributed by atoms with Crippen LogP contribution in [0.25, 0.3) is 0 Å². The normalized spacial score (nSPS) is 10.5. The first-order valence-corrected chi connectivity index (χ1v) is 8.21. The molecule has 25 heavy (non-hydrogen) atoms. The Morgan fingerprint density at radius 2 is 2.00 bits per heavy atom. The van der Waals surface area contributed by atoms with Crippen molar-refractivity contribution < 1.29 is 9.53 Å². The van der Waals surface area contributed by atoms with Crippen LogP contribution in [0.4, 0.5) is 0 Å². The van der Waals surface area contributed by atoms with Crippen LogP contribution in [0.3, 0.4) is 0 Å². The van der Waals surface area contributed by atoms with Crippen LogP contribution < -0.4 is 10.1 Å². The van der Waals surface area contributed by atoms with Crippen LogP contribution in [0.1, 0.15) is 21.5 Å². The number of rotatable bonds is 6. The number of aromatic nitrogens is 2. The lowest BCUT2D eigenvalue weighted by Gasteiger charge is -2.08. The summed E-state index contributed by atoms with van der Waals surface area (Å²) in [5, 5.41) is 7.58. The fraction of sp³-hybridized carbons (Fsp3) is 0.158. The van der Waals surface area contributed by atoms with Crippen molar-refractivity contribution >= 4 is 17.5 Å². The van der Waals surface area contributed by atoms with Crippen LogP contribution in [0.5, 0.6) is 5.75 Å². The third-order valence-corrected chi connectivity index (χ3v) is 3.86. The molecule has 3 aromatic rings. The van der Waals surface area contributed by atoms with Crippen molar-refractivity contribution in [1.82, 2.24) is 15.1 Å².